The molecule has 0 atom stereocenters. The van der Waals surface area contributed by atoms with Crippen LogP contribution < -0.4 is 0 Å². The lowest BCUT2D eigenvalue weighted by Gasteiger charge is -2.33. The van der Waals surface area contributed by atoms with Crippen molar-refractivity contribution in [3.63, 3.8) is 0 Å². The summed E-state index contributed by atoms with van der Waals surface area (Å²) in [6.45, 7) is 2.80. The van der Waals surface area contributed by atoms with E-state index in [1.54, 1.807) is 14.1 Å². The van der Waals surface area contributed by atoms with E-state index >= 15 is 0 Å². The minimum absolute atomic E-state index is 0.244. The van der Waals surface area contributed by atoms with Crippen molar-refractivity contribution in [2.24, 2.45) is 0 Å². The number of hydroxylamine groups is 3. The molecule has 0 aromatic heterocycles. The highest BCUT2D eigenvalue weighted by Gasteiger charge is 2.18. The van der Waals surface area contributed by atoms with E-state index < -0.39 is 0 Å². The van der Waals surface area contributed by atoms with E-state index in [0.29, 0.717) is 6.54 Å². The SMILES string of the molecule is Cc1cccc2c1CCc1ccccc1C2=CCC[N+](C)(C)[O-]. The monoisotopic (exact) mass is 307 g/mol. The van der Waals surface area contributed by atoms with E-state index in [2.05, 4.69) is 55.5 Å². The van der Waals surface area contributed by atoms with Crippen molar-refractivity contribution < 1.29 is 4.65 Å². The van der Waals surface area contributed by atoms with Crippen LogP contribution in [-0.2, 0) is 12.8 Å². The van der Waals surface area contributed by atoms with Crippen molar-refractivity contribution >= 4 is 5.57 Å². The molecule has 0 saturated carbocycles. The molecule has 0 heterocycles. The molecule has 0 fully saturated rings. The Morgan fingerprint density at radius 2 is 1.74 bits per heavy atom. The number of nitrogens with zero attached hydrogens (tertiary/aromatic N) is 1. The molecule has 0 unspecified atom stereocenters. The first-order valence-corrected chi connectivity index (χ1v) is 8.37. The van der Waals surface area contributed by atoms with E-state index in [9.17, 15) is 5.21 Å². The normalized spacial score (nSPS) is 15.9. The fraction of sp³-hybridized carbons (Fsp3) is 0.333. The van der Waals surface area contributed by atoms with Crippen LogP contribution in [0.25, 0.3) is 5.57 Å². The second-order valence-corrected chi connectivity index (χ2v) is 6.96. The highest BCUT2D eigenvalue weighted by molar-refractivity contribution is 5.84. The highest BCUT2D eigenvalue weighted by Crippen LogP contribution is 2.35. The molecule has 0 spiro atoms. The fourth-order valence-electron chi connectivity index (χ4n) is 3.43. The van der Waals surface area contributed by atoms with Crippen molar-refractivity contribution in [1.29, 1.82) is 0 Å². The van der Waals surface area contributed by atoms with Gasteiger partial charge >= 0.3 is 0 Å². The maximum absolute atomic E-state index is 11.9. The number of hydrogen-bond acceptors (Lipinski definition) is 1. The number of quaternary nitrogens is 1. The predicted molar refractivity (Wildman–Crippen MR) is 97.1 cm³/mol. The van der Waals surface area contributed by atoms with E-state index in [4.69, 9.17) is 0 Å². The van der Waals surface area contributed by atoms with Crippen molar-refractivity contribution in [3.05, 3.63) is 81.6 Å². The van der Waals surface area contributed by atoms with Gasteiger partial charge in [0, 0.05) is 6.42 Å². The van der Waals surface area contributed by atoms with Crippen LogP contribution in [-0.4, -0.2) is 25.3 Å². The Bertz CT molecular complexity index is 738. The summed E-state index contributed by atoms with van der Waals surface area (Å²) >= 11 is 0. The fourth-order valence-corrected chi connectivity index (χ4v) is 3.43. The quantitative estimate of drug-likeness (QED) is 0.605. The third kappa shape index (κ3) is 3.54. The average Bonchev–Trinajstić information content (AvgIpc) is 2.65. The van der Waals surface area contributed by atoms with Gasteiger partial charge in [0.2, 0.25) is 0 Å². The van der Waals surface area contributed by atoms with Gasteiger partial charge < -0.3 is 9.85 Å². The highest BCUT2D eigenvalue weighted by atomic mass is 16.5. The average molecular weight is 307 g/mol. The minimum atomic E-state index is -0.244. The third-order valence-corrected chi connectivity index (χ3v) is 4.67. The summed E-state index contributed by atoms with van der Waals surface area (Å²) < 4.78 is -0.244. The zero-order valence-electron chi connectivity index (χ0n) is 14.3. The Morgan fingerprint density at radius 1 is 1.00 bits per heavy atom. The van der Waals surface area contributed by atoms with Crippen LogP contribution in [0.4, 0.5) is 0 Å². The first kappa shape index (κ1) is 16.0. The summed E-state index contributed by atoms with van der Waals surface area (Å²) in [5.41, 5.74) is 8.18. The number of benzene rings is 2. The molecule has 2 nitrogen and oxygen atoms in total. The van der Waals surface area contributed by atoms with Gasteiger partial charge in [-0.3, -0.25) is 0 Å². The molecular weight excluding hydrogens is 282 g/mol. The summed E-state index contributed by atoms with van der Waals surface area (Å²) in [6, 6.07) is 15.3. The predicted octanol–water partition coefficient (Wildman–Crippen LogP) is 4.49. The smallest absolute Gasteiger partial charge is 0.0815 e. The van der Waals surface area contributed by atoms with Gasteiger partial charge in [0.1, 0.15) is 0 Å². The van der Waals surface area contributed by atoms with Crippen LogP contribution in [0.15, 0.2) is 48.5 Å². The molecule has 120 valence electrons. The van der Waals surface area contributed by atoms with Crippen LogP contribution >= 0.6 is 0 Å². The lowest BCUT2D eigenvalue weighted by Crippen LogP contribution is -2.32. The zero-order valence-corrected chi connectivity index (χ0v) is 14.3. The second-order valence-electron chi connectivity index (χ2n) is 6.96. The molecule has 0 aliphatic heterocycles. The molecular formula is C21H25NO. The number of rotatable bonds is 3. The van der Waals surface area contributed by atoms with Gasteiger partial charge in [-0.1, -0.05) is 48.5 Å². The summed E-state index contributed by atoms with van der Waals surface area (Å²) in [5, 5.41) is 11.9. The lowest BCUT2D eigenvalue weighted by molar-refractivity contribution is -0.839. The molecule has 23 heavy (non-hydrogen) atoms. The van der Waals surface area contributed by atoms with E-state index in [-0.39, 0.29) is 4.65 Å². The third-order valence-electron chi connectivity index (χ3n) is 4.67. The maximum atomic E-state index is 11.9. The van der Waals surface area contributed by atoms with E-state index in [1.807, 2.05) is 0 Å². The second kappa shape index (κ2) is 6.31. The molecule has 2 aromatic rings. The molecule has 2 aromatic carbocycles. The van der Waals surface area contributed by atoms with Crippen LogP contribution in [0.5, 0.6) is 0 Å². The molecule has 0 bridgehead atoms. The van der Waals surface area contributed by atoms with Gasteiger partial charge in [0.15, 0.2) is 0 Å². The number of fused-ring (bicyclic) bond motifs is 2. The zero-order chi connectivity index (χ0) is 16.4. The topological polar surface area (TPSA) is 23.1 Å². The largest absolute Gasteiger partial charge is 0.633 e. The molecule has 1 aliphatic rings. The summed E-state index contributed by atoms with van der Waals surface area (Å²) in [5.74, 6) is 0. The molecule has 0 N–H and O–H groups in total. The van der Waals surface area contributed by atoms with Crippen molar-refractivity contribution in [1.82, 2.24) is 0 Å². The van der Waals surface area contributed by atoms with Gasteiger partial charge in [-0.05, 0) is 53.2 Å². The van der Waals surface area contributed by atoms with E-state index in [0.717, 1.165) is 19.3 Å². The molecule has 3 rings (SSSR count). The van der Waals surface area contributed by atoms with Gasteiger partial charge in [0.25, 0.3) is 0 Å². The standard InChI is InChI=1S/C21H25NO/c1-16-8-6-11-20-18(16)14-13-17-9-4-5-10-19(17)21(20)12-7-15-22(2,3)23/h4-6,8-12H,7,13-15H2,1-3H3. The van der Waals surface area contributed by atoms with Gasteiger partial charge in [0.05, 0.1) is 20.6 Å². The molecule has 2 heteroatoms. The Kier molecular flexibility index (Phi) is 4.38. The van der Waals surface area contributed by atoms with Crippen LogP contribution in [0.3, 0.4) is 0 Å². The molecule has 1 aliphatic carbocycles. The Hall–Kier alpha value is -1.90. The Labute approximate surface area is 139 Å². The Morgan fingerprint density at radius 3 is 2.52 bits per heavy atom. The van der Waals surface area contributed by atoms with Crippen LogP contribution in [0.2, 0.25) is 0 Å². The van der Waals surface area contributed by atoms with Gasteiger partial charge in [-0.2, -0.15) is 0 Å². The van der Waals surface area contributed by atoms with E-state index in [1.165, 1.54) is 33.4 Å². The number of hydrogen-bond donors (Lipinski definition) is 0. The summed E-state index contributed by atoms with van der Waals surface area (Å²) in [4.78, 5) is 0. The molecule has 0 amide bonds. The van der Waals surface area contributed by atoms with Crippen LogP contribution in [0.1, 0.15) is 34.2 Å². The minimum Gasteiger partial charge on any atom is -0.633 e. The van der Waals surface area contributed by atoms with Crippen molar-refractivity contribution in [2.75, 3.05) is 20.6 Å². The lowest BCUT2D eigenvalue weighted by atomic mass is 9.91. The van der Waals surface area contributed by atoms with Gasteiger partial charge in [-0.15, -0.1) is 0 Å². The Balaban J connectivity index is 2.09. The summed E-state index contributed by atoms with van der Waals surface area (Å²) in [7, 11) is 3.41. The maximum Gasteiger partial charge on any atom is 0.0815 e. The number of aryl methyl sites for hydroxylation is 2. The first-order chi connectivity index (χ1) is 11.0. The van der Waals surface area contributed by atoms with Crippen molar-refractivity contribution in [3.8, 4) is 0 Å². The van der Waals surface area contributed by atoms with Crippen LogP contribution in [0, 0.1) is 12.1 Å². The van der Waals surface area contributed by atoms with Crippen molar-refractivity contribution in [2.45, 2.75) is 26.2 Å². The molecule has 0 saturated heterocycles. The summed E-state index contributed by atoms with van der Waals surface area (Å²) in [6.07, 6.45) is 5.22. The molecule has 0 radical (unpaired) electrons. The van der Waals surface area contributed by atoms with Gasteiger partial charge in [-0.25, -0.2) is 0 Å². The first-order valence-electron chi connectivity index (χ1n) is 8.37.